The molecule has 0 spiro atoms. The fraction of sp³-hybridized carbons (Fsp3) is 0.538. The lowest BCUT2D eigenvalue weighted by Crippen LogP contribution is -2.42. The van der Waals surface area contributed by atoms with Gasteiger partial charge in [-0.3, -0.25) is 4.57 Å². The van der Waals surface area contributed by atoms with Crippen molar-refractivity contribution < 1.29 is 4.74 Å². The van der Waals surface area contributed by atoms with Gasteiger partial charge in [-0.1, -0.05) is 0 Å². The van der Waals surface area contributed by atoms with Crippen LogP contribution in [0.5, 0.6) is 5.88 Å². The van der Waals surface area contributed by atoms with E-state index in [9.17, 15) is 0 Å². The average Bonchev–Trinajstić information content (AvgIpc) is 2.64. The Morgan fingerprint density at radius 1 is 1.42 bits per heavy atom. The molecule has 0 aliphatic carbocycles. The van der Waals surface area contributed by atoms with Gasteiger partial charge in [0.05, 0.1) is 12.6 Å². The van der Waals surface area contributed by atoms with E-state index in [0.29, 0.717) is 10.7 Å². The normalized spacial score (nSPS) is 12.3. The predicted octanol–water partition coefficient (Wildman–Crippen LogP) is 2.44. The third kappa shape index (κ3) is 2.64. The van der Waals surface area contributed by atoms with E-state index >= 15 is 0 Å². The van der Waals surface area contributed by atoms with Crippen LogP contribution in [0.2, 0.25) is 0 Å². The molecule has 0 radical (unpaired) electrons. The molecule has 0 aromatic carbocycles. The largest absolute Gasteiger partial charge is 0.481 e. The lowest BCUT2D eigenvalue weighted by molar-refractivity contribution is 0.170. The molecule has 2 aromatic heterocycles. The minimum absolute atomic E-state index is 0.0158. The van der Waals surface area contributed by atoms with E-state index < -0.39 is 0 Å². The number of hydrogen-bond acceptors (Lipinski definition) is 4. The van der Waals surface area contributed by atoms with Crippen molar-refractivity contribution in [2.75, 3.05) is 21.2 Å². The number of likely N-dealkylation sites (N-methyl/N-ethyl adjacent to an activating group) is 1. The highest BCUT2D eigenvalue weighted by atomic mass is 32.1. The van der Waals surface area contributed by atoms with Crippen molar-refractivity contribution in [3.8, 4) is 5.88 Å². The van der Waals surface area contributed by atoms with Crippen LogP contribution in [0, 0.1) is 4.77 Å². The highest BCUT2D eigenvalue weighted by molar-refractivity contribution is 7.71. The van der Waals surface area contributed by atoms with Gasteiger partial charge in [0.15, 0.2) is 10.4 Å². The zero-order chi connectivity index (χ0) is 14.2. The number of nitrogens with zero attached hydrogens (tertiary/aromatic N) is 3. The van der Waals surface area contributed by atoms with Gasteiger partial charge in [0.1, 0.15) is 0 Å². The number of ether oxygens (including phenoxy) is 1. The molecule has 0 amide bonds. The summed E-state index contributed by atoms with van der Waals surface area (Å²) in [6.07, 6.45) is 0. The molecule has 2 rings (SSSR count). The summed E-state index contributed by atoms with van der Waals surface area (Å²) >= 11 is 5.40. The van der Waals surface area contributed by atoms with Crippen LogP contribution in [0.1, 0.15) is 13.8 Å². The Kier molecular flexibility index (Phi) is 3.64. The molecule has 0 aliphatic rings. The van der Waals surface area contributed by atoms with Crippen LogP contribution in [0.4, 0.5) is 0 Å². The molecular formula is C13H20N4OS. The zero-order valence-electron chi connectivity index (χ0n) is 12.0. The molecule has 0 atom stereocenters. The summed E-state index contributed by atoms with van der Waals surface area (Å²) in [6.45, 7) is 5.11. The molecule has 0 bridgehead atoms. The van der Waals surface area contributed by atoms with Gasteiger partial charge in [-0.2, -0.15) is 4.98 Å². The highest BCUT2D eigenvalue weighted by Crippen LogP contribution is 2.20. The summed E-state index contributed by atoms with van der Waals surface area (Å²) in [6, 6.07) is 3.77. The maximum atomic E-state index is 5.40. The standard InChI is InChI=1S/C13H20N4OS/c1-13(2,16(3)4)8-17-11-9(14-12(17)19)6-7-10(15-11)18-5/h6-7H,8H2,1-5H3,(H,14,19). The van der Waals surface area contributed by atoms with Gasteiger partial charge in [0.2, 0.25) is 5.88 Å². The Bertz CT molecular complexity index is 642. The van der Waals surface area contributed by atoms with Gasteiger partial charge >= 0.3 is 0 Å². The van der Waals surface area contributed by atoms with Crippen LogP contribution in [0.15, 0.2) is 12.1 Å². The van der Waals surface area contributed by atoms with E-state index in [1.807, 2.05) is 16.7 Å². The molecule has 19 heavy (non-hydrogen) atoms. The summed E-state index contributed by atoms with van der Waals surface area (Å²) in [4.78, 5) is 9.84. The van der Waals surface area contributed by atoms with Crippen molar-refractivity contribution in [1.29, 1.82) is 0 Å². The van der Waals surface area contributed by atoms with Crippen LogP contribution in [0.25, 0.3) is 11.2 Å². The van der Waals surface area contributed by atoms with Gasteiger partial charge < -0.3 is 14.6 Å². The van der Waals surface area contributed by atoms with Crippen LogP contribution >= 0.6 is 12.2 Å². The van der Waals surface area contributed by atoms with E-state index in [1.54, 1.807) is 7.11 Å². The number of aromatic amines is 1. The number of rotatable bonds is 4. The molecule has 0 aliphatic heterocycles. The number of H-pyrrole nitrogens is 1. The maximum Gasteiger partial charge on any atom is 0.215 e. The quantitative estimate of drug-likeness (QED) is 0.874. The molecule has 104 valence electrons. The van der Waals surface area contributed by atoms with Crippen LogP contribution in [-0.2, 0) is 6.54 Å². The average molecular weight is 280 g/mol. The Balaban J connectivity index is 2.53. The number of methoxy groups -OCH3 is 1. The van der Waals surface area contributed by atoms with Crippen molar-refractivity contribution in [2.45, 2.75) is 25.9 Å². The maximum absolute atomic E-state index is 5.40. The van der Waals surface area contributed by atoms with Gasteiger partial charge in [0, 0.05) is 18.2 Å². The Hall–Kier alpha value is -1.40. The minimum atomic E-state index is -0.0158. The number of nitrogens with one attached hydrogen (secondary N) is 1. The fourth-order valence-electron chi connectivity index (χ4n) is 1.80. The molecule has 0 saturated carbocycles. The van der Waals surface area contributed by atoms with Crippen molar-refractivity contribution in [3.63, 3.8) is 0 Å². The van der Waals surface area contributed by atoms with E-state index in [-0.39, 0.29) is 5.54 Å². The fourth-order valence-corrected chi connectivity index (χ4v) is 2.06. The van der Waals surface area contributed by atoms with Crippen LogP contribution in [0.3, 0.4) is 0 Å². The van der Waals surface area contributed by atoms with Crippen LogP contribution < -0.4 is 4.74 Å². The first kappa shape index (κ1) is 14.0. The van der Waals surface area contributed by atoms with E-state index in [0.717, 1.165) is 17.7 Å². The molecule has 5 nitrogen and oxygen atoms in total. The number of aromatic nitrogens is 3. The third-order valence-corrected chi connectivity index (χ3v) is 3.88. The second-order valence-electron chi connectivity index (χ2n) is 5.45. The van der Waals surface area contributed by atoms with Crippen molar-refractivity contribution in [3.05, 3.63) is 16.9 Å². The molecular weight excluding hydrogens is 260 g/mol. The summed E-state index contributed by atoms with van der Waals surface area (Å²) in [5, 5.41) is 0. The summed E-state index contributed by atoms with van der Waals surface area (Å²) < 4.78 is 7.89. The number of fused-ring (bicyclic) bond motifs is 1. The second-order valence-corrected chi connectivity index (χ2v) is 5.83. The second kappa shape index (κ2) is 4.94. The van der Waals surface area contributed by atoms with E-state index in [4.69, 9.17) is 17.0 Å². The third-order valence-electron chi connectivity index (χ3n) is 3.56. The predicted molar refractivity (Wildman–Crippen MR) is 79.2 cm³/mol. The molecule has 0 saturated heterocycles. The Morgan fingerprint density at radius 2 is 2.11 bits per heavy atom. The summed E-state index contributed by atoms with van der Waals surface area (Å²) in [7, 11) is 5.74. The van der Waals surface area contributed by atoms with Crippen molar-refractivity contribution in [2.24, 2.45) is 0 Å². The molecule has 0 unspecified atom stereocenters. The van der Waals surface area contributed by atoms with Gasteiger partial charge in [-0.15, -0.1) is 0 Å². The highest BCUT2D eigenvalue weighted by Gasteiger charge is 2.23. The van der Waals surface area contributed by atoms with E-state index in [1.165, 1.54) is 0 Å². The molecule has 1 N–H and O–H groups in total. The molecule has 2 aromatic rings. The Labute approximate surface area is 118 Å². The first-order valence-electron chi connectivity index (χ1n) is 6.16. The topological polar surface area (TPSA) is 46.1 Å². The minimum Gasteiger partial charge on any atom is -0.481 e. The summed E-state index contributed by atoms with van der Waals surface area (Å²) in [5.41, 5.74) is 1.75. The van der Waals surface area contributed by atoms with Gasteiger partial charge in [-0.25, -0.2) is 0 Å². The van der Waals surface area contributed by atoms with E-state index in [2.05, 4.69) is 42.8 Å². The lowest BCUT2D eigenvalue weighted by atomic mass is 10.0. The number of imidazole rings is 1. The SMILES string of the molecule is COc1ccc2[nH]c(=S)n(CC(C)(C)N(C)C)c2n1. The first-order chi connectivity index (χ1) is 8.85. The lowest BCUT2D eigenvalue weighted by Gasteiger charge is -2.32. The van der Waals surface area contributed by atoms with Gasteiger partial charge in [0.25, 0.3) is 0 Å². The monoisotopic (exact) mass is 280 g/mol. The number of hydrogen-bond donors (Lipinski definition) is 1. The van der Waals surface area contributed by atoms with Crippen LogP contribution in [-0.4, -0.2) is 46.2 Å². The molecule has 0 fully saturated rings. The smallest absolute Gasteiger partial charge is 0.215 e. The van der Waals surface area contributed by atoms with Crippen molar-refractivity contribution >= 4 is 23.4 Å². The molecule has 2 heterocycles. The van der Waals surface area contributed by atoms with Gasteiger partial charge in [-0.05, 0) is 46.2 Å². The van der Waals surface area contributed by atoms with Crippen molar-refractivity contribution in [1.82, 2.24) is 19.4 Å². The molecule has 6 heteroatoms. The zero-order valence-corrected chi connectivity index (χ0v) is 12.8. The first-order valence-corrected chi connectivity index (χ1v) is 6.57. The summed E-state index contributed by atoms with van der Waals surface area (Å²) in [5.74, 6) is 0.595. The number of pyridine rings is 1. The Morgan fingerprint density at radius 3 is 2.68 bits per heavy atom.